The lowest BCUT2D eigenvalue weighted by atomic mass is 10.2. The van der Waals surface area contributed by atoms with Crippen LogP contribution in [0.3, 0.4) is 0 Å². The van der Waals surface area contributed by atoms with Gasteiger partial charge in [0.1, 0.15) is 5.75 Å². The van der Waals surface area contributed by atoms with Crippen LogP contribution in [-0.2, 0) is 14.4 Å². The summed E-state index contributed by atoms with van der Waals surface area (Å²) in [7, 11) is 0. The largest absolute Gasteiger partial charge is 0.494 e. The number of rotatable bonds is 5. The summed E-state index contributed by atoms with van der Waals surface area (Å²) in [5.41, 5.74) is 5.67. The van der Waals surface area contributed by atoms with Crippen molar-refractivity contribution in [2.45, 2.75) is 6.92 Å². The molecule has 7 heteroatoms. The molecule has 2 rings (SSSR count). The van der Waals surface area contributed by atoms with Gasteiger partial charge in [0, 0.05) is 18.8 Å². The molecule has 0 saturated carbocycles. The number of nitrogens with two attached hydrogens (primary N) is 1. The molecular formula is C14H17N3O4. The number of carbonyl (C=O) groups excluding carboxylic acids is 3. The zero-order valence-corrected chi connectivity index (χ0v) is 11.7. The van der Waals surface area contributed by atoms with Gasteiger partial charge in [-0.2, -0.15) is 0 Å². The van der Waals surface area contributed by atoms with Crippen molar-refractivity contribution in [1.29, 1.82) is 0 Å². The van der Waals surface area contributed by atoms with Gasteiger partial charge in [-0.25, -0.2) is 0 Å². The minimum Gasteiger partial charge on any atom is -0.494 e. The van der Waals surface area contributed by atoms with Gasteiger partial charge >= 0.3 is 11.8 Å². The first kappa shape index (κ1) is 14.8. The molecule has 1 aromatic carbocycles. The molecule has 7 nitrogen and oxygen atoms in total. The maximum atomic E-state index is 12.1. The number of ether oxygens (including phenoxy) is 1. The number of amides is 3. The fraction of sp³-hybridized carbons (Fsp3) is 0.357. The highest BCUT2D eigenvalue weighted by molar-refractivity contribution is 6.41. The van der Waals surface area contributed by atoms with Gasteiger partial charge in [-0.3, -0.25) is 14.4 Å². The molecule has 0 aliphatic carbocycles. The van der Waals surface area contributed by atoms with Crippen molar-refractivity contribution in [3.8, 4) is 5.75 Å². The quantitative estimate of drug-likeness (QED) is 0.757. The minimum absolute atomic E-state index is 0.234. The summed E-state index contributed by atoms with van der Waals surface area (Å²) in [5, 5.41) is 0. The molecule has 0 radical (unpaired) electrons. The Hall–Kier alpha value is -2.57. The van der Waals surface area contributed by atoms with Crippen LogP contribution in [-0.4, -0.2) is 48.9 Å². The lowest BCUT2D eigenvalue weighted by Crippen LogP contribution is -2.56. The number of hydrogen-bond donors (Lipinski definition) is 1. The van der Waals surface area contributed by atoms with Crippen molar-refractivity contribution in [2.24, 2.45) is 5.73 Å². The topological polar surface area (TPSA) is 92.9 Å². The Bertz CT molecular complexity index is 556. The average molecular weight is 291 g/mol. The Morgan fingerprint density at radius 1 is 1.19 bits per heavy atom. The van der Waals surface area contributed by atoms with Crippen molar-refractivity contribution in [3.05, 3.63) is 24.3 Å². The van der Waals surface area contributed by atoms with Gasteiger partial charge in [-0.15, -0.1) is 0 Å². The van der Waals surface area contributed by atoms with Crippen LogP contribution in [0, 0.1) is 0 Å². The summed E-state index contributed by atoms with van der Waals surface area (Å²) in [6.07, 6.45) is 0. The van der Waals surface area contributed by atoms with E-state index in [-0.39, 0.29) is 13.1 Å². The van der Waals surface area contributed by atoms with Gasteiger partial charge in [-0.1, -0.05) is 0 Å². The first-order valence-corrected chi connectivity index (χ1v) is 6.65. The Labute approximate surface area is 122 Å². The molecule has 1 aliphatic rings. The third kappa shape index (κ3) is 3.31. The summed E-state index contributed by atoms with van der Waals surface area (Å²) in [5.74, 6) is -1.31. The molecule has 21 heavy (non-hydrogen) atoms. The molecule has 0 unspecified atom stereocenters. The van der Waals surface area contributed by atoms with Crippen molar-refractivity contribution in [2.75, 3.05) is 31.1 Å². The number of nitrogens with zero attached hydrogens (tertiary/aromatic N) is 2. The van der Waals surface area contributed by atoms with Gasteiger partial charge in [-0.05, 0) is 31.2 Å². The van der Waals surface area contributed by atoms with E-state index in [1.165, 1.54) is 4.90 Å². The van der Waals surface area contributed by atoms with Crippen LogP contribution in [0.1, 0.15) is 6.92 Å². The van der Waals surface area contributed by atoms with Crippen LogP contribution in [0.5, 0.6) is 5.75 Å². The fourth-order valence-corrected chi connectivity index (χ4v) is 2.15. The molecule has 1 aromatic rings. The summed E-state index contributed by atoms with van der Waals surface area (Å²) >= 11 is 0. The highest BCUT2D eigenvalue weighted by atomic mass is 16.5. The summed E-state index contributed by atoms with van der Waals surface area (Å²) in [6, 6.07) is 6.93. The first-order chi connectivity index (χ1) is 10.0. The number of anilines is 1. The predicted molar refractivity (Wildman–Crippen MR) is 75.7 cm³/mol. The van der Waals surface area contributed by atoms with Crippen LogP contribution in [0.25, 0.3) is 0 Å². The predicted octanol–water partition coefficient (Wildman–Crippen LogP) is -0.254. The van der Waals surface area contributed by atoms with Gasteiger partial charge in [0.05, 0.1) is 13.2 Å². The number of primary amides is 1. The number of hydrogen-bond acceptors (Lipinski definition) is 4. The second kappa shape index (κ2) is 6.25. The third-order valence-electron chi connectivity index (χ3n) is 3.11. The molecule has 1 aliphatic heterocycles. The number of piperazine rings is 1. The van der Waals surface area contributed by atoms with Gasteiger partial charge < -0.3 is 20.3 Å². The molecule has 1 heterocycles. The smallest absolute Gasteiger partial charge is 0.316 e. The van der Waals surface area contributed by atoms with Crippen LogP contribution in [0.15, 0.2) is 24.3 Å². The molecule has 1 fully saturated rings. The van der Waals surface area contributed by atoms with E-state index in [4.69, 9.17) is 10.5 Å². The Morgan fingerprint density at radius 3 is 2.43 bits per heavy atom. The van der Waals surface area contributed by atoms with Gasteiger partial charge in [0.25, 0.3) is 0 Å². The standard InChI is InChI=1S/C14H17N3O4/c1-2-21-11-5-3-10(4-6-11)17-8-7-16(9-12(15)18)13(19)14(17)20/h3-6H,2,7-9H2,1H3,(H2,15,18). The van der Waals surface area contributed by atoms with E-state index in [0.717, 1.165) is 4.90 Å². The second-order valence-corrected chi connectivity index (χ2v) is 4.58. The molecular weight excluding hydrogens is 274 g/mol. The highest BCUT2D eigenvalue weighted by Crippen LogP contribution is 2.21. The second-order valence-electron chi connectivity index (χ2n) is 4.58. The van der Waals surface area contributed by atoms with Crippen molar-refractivity contribution in [1.82, 2.24) is 4.90 Å². The Kier molecular flexibility index (Phi) is 4.42. The zero-order chi connectivity index (χ0) is 15.4. The maximum absolute atomic E-state index is 12.1. The molecule has 112 valence electrons. The molecule has 0 spiro atoms. The molecule has 0 bridgehead atoms. The summed E-state index contributed by atoms with van der Waals surface area (Å²) in [6.45, 7) is 2.81. The normalized spacial score (nSPS) is 15.3. The Balaban J connectivity index is 2.10. The van der Waals surface area contributed by atoms with E-state index in [2.05, 4.69) is 0 Å². The van der Waals surface area contributed by atoms with Crippen LogP contribution in [0.2, 0.25) is 0 Å². The number of carbonyl (C=O) groups is 3. The summed E-state index contributed by atoms with van der Waals surface area (Å²) in [4.78, 5) is 37.4. The van der Waals surface area contributed by atoms with Crippen LogP contribution in [0.4, 0.5) is 5.69 Å². The van der Waals surface area contributed by atoms with Crippen LogP contribution < -0.4 is 15.4 Å². The van der Waals surface area contributed by atoms with Crippen LogP contribution >= 0.6 is 0 Å². The van der Waals surface area contributed by atoms with E-state index in [1.54, 1.807) is 24.3 Å². The number of benzene rings is 1. The molecule has 2 N–H and O–H groups in total. The van der Waals surface area contributed by atoms with Gasteiger partial charge in [0.2, 0.25) is 5.91 Å². The zero-order valence-electron chi connectivity index (χ0n) is 11.7. The molecule has 0 aromatic heterocycles. The molecule has 3 amide bonds. The minimum atomic E-state index is -0.714. The monoisotopic (exact) mass is 291 g/mol. The van der Waals surface area contributed by atoms with E-state index < -0.39 is 17.7 Å². The maximum Gasteiger partial charge on any atom is 0.316 e. The fourth-order valence-electron chi connectivity index (χ4n) is 2.15. The lowest BCUT2D eigenvalue weighted by molar-refractivity contribution is -0.147. The molecule has 1 saturated heterocycles. The first-order valence-electron chi connectivity index (χ1n) is 6.65. The lowest BCUT2D eigenvalue weighted by Gasteiger charge is -2.33. The summed E-state index contributed by atoms with van der Waals surface area (Å²) < 4.78 is 5.33. The van der Waals surface area contributed by atoms with E-state index in [9.17, 15) is 14.4 Å². The van der Waals surface area contributed by atoms with Crippen molar-refractivity contribution < 1.29 is 19.1 Å². The van der Waals surface area contributed by atoms with Gasteiger partial charge in [0.15, 0.2) is 0 Å². The average Bonchev–Trinajstić information content (AvgIpc) is 2.45. The van der Waals surface area contributed by atoms with Crippen molar-refractivity contribution in [3.63, 3.8) is 0 Å². The van der Waals surface area contributed by atoms with E-state index in [0.29, 0.717) is 24.6 Å². The van der Waals surface area contributed by atoms with Crippen molar-refractivity contribution >= 4 is 23.4 Å². The molecule has 0 atom stereocenters. The SMILES string of the molecule is CCOc1ccc(N2CCN(CC(N)=O)C(=O)C2=O)cc1. The van der Waals surface area contributed by atoms with E-state index in [1.807, 2.05) is 6.92 Å². The third-order valence-corrected chi connectivity index (χ3v) is 3.11. The highest BCUT2D eigenvalue weighted by Gasteiger charge is 2.33. The van der Waals surface area contributed by atoms with E-state index >= 15 is 0 Å². The Morgan fingerprint density at radius 2 is 1.86 bits per heavy atom.